The minimum absolute atomic E-state index is 0.0280. The maximum Gasteiger partial charge on any atom is 0.278 e. The number of hydrogen-bond donors (Lipinski definition) is 0. The first kappa shape index (κ1) is 21.4. The molecule has 1 unspecified atom stereocenters. The molecule has 1 saturated heterocycles. The second kappa shape index (κ2) is 8.46. The molecule has 4 heterocycles. The van der Waals surface area contributed by atoms with Gasteiger partial charge in [0.05, 0.1) is 11.8 Å². The van der Waals surface area contributed by atoms with Crippen molar-refractivity contribution in [3.63, 3.8) is 0 Å². The van der Waals surface area contributed by atoms with Crippen LogP contribution >= 0.6 is 0 Å². The molecule has 1 atom stereocenters. The summed E-state index contributed by atoms with van der Waals surface area (Å²) in [5.74, 6) is 1.47. The number of aryl methyl sites for hydroxylation is 2. The Balaban J connectivity index is 1.60. The van der Waals surface area contributed by atoms with Gasteiger partial charge in [-0.25, -0.2) is 4.98 Å². The SMILES string of the molecule is CCc1noc(Cn2cnc3c4cc(C)ccc4n(CC(=O)N4CCCC(C)C4)c3c2=O)n1. The molecule has 172 valence electrons. The number of likely N-dealkylation sites (tertiary alicyclic amines) is 1. The lowest BCUT2D eigenvalue weighted by molar-refractivity contribution is -0.133. The largest absolute Gasteiger partial charge is 0.341 e. The molecule has 1 aliphatic heterocycles. The van der Waals surface area contributed by atoms with Gasteiger partial charge in [-0.2, -0.15) is 4.98 Å². The van der Waals surface area contributed by atoms with Crippen LogP contribution in [0.25, 0.3) is 21.9 Å². The number of fused-ring (bicyclic) bond motifs is 3. The lowest BCUT2D eigenvalue weighted by Crippen LogP contribution is -2.41. The third-order valence-electron chi connectivity index (χ3n) is 6.42. The van der Waals surface area contributed by atoms with E-state index in [1.54, 1.807) is 0 Å². The van der Waals surface area contributed by atoms with Crippen LogP contribution in [0.15, 0.2) is 33.8 Å². The average Bonchev–Trinajstić information content (AvgIpc) is 3.38. The van der Waals surface area contributed by atoms with Crippen LogP contribution < -0.4 is 5.56 Å². The Morgan fingerprint density at radius 1 is 1.30 bits per heavy atom. The van der Waals surface area contributed by atoms with Crippen molar-refractivity contribution in [1.82, 2.24) is 29.2 Å². The zero-order valence-electron chi connectivity index (χ0n) is 19.2. The number of aromatic nitrogens is 5. The van der Waals surface area contributed by atoms with E-state index < -0.39 is 0 Å². The minimum Gasteiger partial charge on any atom is -0.341 e. The predicted molar refractivity (Wildman–Crippen MR) is 124 cm³/mol. The van der Waals surface area contributed by atoms with E-state index in [1.807, 2.05) is 41.5 Å². The van der Waals surface area contributed by atoms with E-state index in [2.05, 4.69) is 22.0 Å². The van der Waals surface area contributed by atoms with Crippen molar-refractivity contribution in [2.24, 2.45) is 5.92 Å². The van der Waals surface area contributed by atoms with Gasteiger partial charge in [0.15, 0.2) is 5.82 Å². The van der Waals surface area contributed by atoms with Crippen LogP contribution in [0.1, 0.15) is 44.0 Å². The Hall–Kier alpha value is -3.49. The summed E-state index contributed by atoms with van der Waals surface area (Å²) in [4.78, 5) is 37.6. The van der Waals surface area contributed by atoms with Crippen molar-refractivity contribution in [1.29, 1.82) is 0 Å². The zero-order valence-corrected chi connectivity index (χ0v) is 19.2. The van der Waals surface area contributed by atoms with E-state index in [9.17, 15) is 9.59 Å². The predicted octanol–water partition coefficient (Wildman–Crippen LogP) is 2.91. The maximum atomic E-state index is 13.6. The molecule has 0 saturated carbocycles. The number of benzene rings is 1. The summed E-state index contributed by atoms with van der Waals surface area (Å²) in [7, 11) is 0. The van der Waals surface area contributed by atoms with E-state index in [0.717, 1.165) is 42.4 Å². The molecule has 3 aromatic heterocycles. The van der Waals surface area contributed by atoms with Gasteiger partial charge in [0.25, 0.3) is 5.56 Å². The smallest absolute Gasteiger partial charge is 0.278 e. The number of rotatable bonds is 5. The Morgan fingerprint density at radius 3 is 2.91 bits per heavy atom. The first-order valence-corrected chi connectivity index (χ1v) is 11.5. The van der Waals surface area contributed by atoms with E-state index in [1.165, 1.54) is 10.9 Å². The van der Waals surface area contributed by atoms with Crippen molar-refractivity contribution >= 4 is 27.8 Å². The van der Waals surface area contributed by atoms with Crippen molar-refractivity contribution in [2.75, 3.05) is 13.1 Å². The van der Waals surface area contributed by atoms with E-state index >= 15 is 0 Å². The van der Waals surface area contributed by atoms with Crippen LogP contribution in [-0.4, -0.2) is 48.2 Å². The summed E-state index contributed by atoms with van der Waals surface area (Å²) in [6, 6.07) is 5.98. The summed E-state index contributed by atoms with van der Waals surface area (Å²) in [5, 5.41) is 4.78. The summed E-state index contributed by atoms with van der Waals surface area (Å²) in [6.45, 7) is 7.88. The number of carbonyl (C=O) groups excluding carboxylic acids is 1. The fraction of sp³-hybridized carbons (Fsp3) is 0.458. The molecular weight excluding hydrogens is 420 g/mol. The highest BCUT2D eigenvalue weighted by Crippen LogP contribution is 2.27. The van der Waals surface area contributed by atoms with Gasteiger partial charge in [0, 0.05) is 24.9 Å². The first-order chi connectivity index (χ1) is 15.9. The van der Waals surface area contributed by atoms with Crippen LogP contribution in [-0.2, 0) is 24.3 Å². The van der Waals surface area contributed by atoms with Crippen LogP contribution in [0.5, 0.6) is 0 Å². The molecule has 9 nitrogen and oxygen atoms in total. The highest BCUT2D eigenvalue weighted by Gasteiger charge is 2.24. The van der Waals surface area contributed by atoms with Crippen LogP contribution in [0, 0.1) is 12.8 Å². The second-order valence-corrected chi connectivity index (χ2v) is 9.03. The molecule has 1 fully saturated rings. The van der Waals surface area contributed by atoms with Crippen molar-refractivity contribution in [2.45, 2.75) is 53.1 Å². The normalized spacial score (nSPS) is 16.7. The third-order valence-corrected chi connectivity index (χ3v) is 6.42. The molecule has 1 amide bonds. The molecule has 1 aliphatic rings. The highest BCUT2D eigenvalue weighted by molar-refractivity contribution is 6.06. The quantitative estimate of drug-likeness (QED) is 0.466. The van der Waals surface area contributed by atoms with Crippen LogP contribution in [0.2, 0.25) is 0 Å². The minimum atomic E-state index is -0.232. The molecule has 1 aromatic carbocycles. The molecule has 33 heavy (non-hydrogen) atoms. The van der Waals surface area contributed by atoms with Crippen molar-refractivity contribution in [3.05, 3.63) is 52.2 Å². The van der Waals surface area contributed by atoms with Crippen molar-refractivity contribution in [3.8, 4) is 0 Å². The average molecular weight is 449 g/mol. The van der Waals surface area contributed by atoms with Gasteiger partial charge in [-0.1, -0.05) is 30.6 Å². The standard InChI is InChI=1S/C24H28N6O3/c1-4-19-26-20(33-27-19)12-29-14-25-22-17-10-15(2)7-8-18(17)30(23(22)24(29)32)13-21(31)28-9-5-6-16(3)11-28/h7-8,10,14,16H,4-6,9,11-13H2,1-3H3. The van der Waals surface area contributed by atoms with Crippen molar-refractivity contribution < 1.29 is 9.32 Å². The van der Waals surface area contributed by atoms with Gasteiger partial charge in [-0.15, -0.1) is 0 Å². The Labute approximate surface area is 191 Å². The van der Waals surface area contributed by atoms with E-state index in [4.69, 9.17) is 4.52 Å². The monoisotopic (exact) mass is 448 g/mol. The lowest BCUT2D eigenvalue weighted by Gasteiger charge is -2.31. The fourth-order valence-corrected chi connectivity index (χ4v) is 4.69. The van der Waals surface area contributed by atoms with Gasteiger partial charge in [0.2, 0.25) is 11.8 Å². The number of piperidine rings is 1. The lowest BCUT2D eigenvalue weighted by atomic mass is 10.0. The summed E-state index contributed by atoms with van der Waals surface area (Å²) < 4.78 is 8.55. The first-order valence-electron chi connectivity index (χ1n) is 11.5. The molecule has 0 bridgehead atoms. The van der Waals surface area contributed by atoms with E-state index in [-0.39, 0.29) is 24.6 Å². The third kappa shape index (κ3) is 3.92. The van der Waals surface area contributed by atoms with Crippen LogP contribution in [0.4, 0.5) is 0 Å². The number of hydrogen-bond acceptors (Lipinski definition) is 6. The number of nitrogens with zero attached hydrogens (tertiary/aromatic N) is 6. The second-order valence-electron chi connectivity index (χ2n) is 9.03. The zero-order chi connectivity index (χ0) is 23.1. The van der Waals surface area contributed by atoms with Gasteiger partial charge < -0.3 is 14.0 Å². The molecule has 0 radical (unpaired) electrons. The highest BCUT2D eigenvalue weighted by atomic mass is 16.5. The molecule has 5 rings (SSSR count). The number of amides is 1. The van der Waals surface area contributed by atoms with Gasteiger partial charge in [-0.05, 0) is 37.8 Å². The Morgan fingerprint density at radius 2 is 2.15 bits per heavy atom. The molecule has 0 N–H and O–H groups in total. The fourth-order valence-electron chi connectivity index (χ4n) is 4.69. The summed E-state index contributed by atoms with van der Waals surface area (Å²) in [6.07, 6.45) is 4.32. The maximum absolute atomic E-state index is 13.6. The number of carbonyl (C=O) groups is 1. The summed E-state index contributed by atoms with van der Waals surface area (Å²) >= 11 is 0. The molecular formula is C24H28N6O3. The molecule has 0 spiro atoms. The van der Waals surface area contributed by atoms with Gasteiger partial charge in [0.1, 0.15) is 24.1 Å². The van der Waals surface area contributed by atoms with Crippen LogP contribution in [0.3, 0.4) is 0 Å². The Bertz CT molecular complexity index is 1400. The van der Waals surface area contributed by atoms with Gasteiger partial charge >= 0.3 is 0 Å². The molecule has 0 aliphatic carbocycles. The molecule has 9 heteroatoms. The molecule has 4 aromatic rings. The van der Waals surface area contributed by atoms with E-state index in [0.29, 0.717) is 35.1 Å². The van der Waals surface area contributed by atoms with Gasteiger partial charge in [-0.3, -0.25) is 14.2 Å². The Kier molecular flexibility index (Phi) is 5.47. The topological polar surface area (TPSA) is 99.0 Å². The summed E-state index contributed by atoms with van der Waals surface area (Å²) in [5.41, 5.74) is 2.70.